The molecule has 1 aromatic carbocycles. The van der Waals surface area contributed by atoms with Crippen LogP contribution in [0, 0.1) is 10.1 Å². The fourth-order valence-electron chi connectivity index (χ4n) is 3.95. The van der Waals surface area contributed by atoms with Crippen molar-refractivity contribution in [3.8, 4) is 5.75 Å². The van der Waals surface area contributed by atoms with E-state index in [1.165, 1.54) is 76.3 Å². The number of hydrogen-bond acceptors (Lipinski definition) is 9. The summed E-state index contributed by atoms with van der Waals surface area (Å²) in [4.78, 5) is 10.2. The SMILES string of the molecule is CCCCCCCCCCCCCOCCOCCOCCOCCOCCOCCOc1ccc([N+](=O)[O-])cc1. The van der Waals surface area contributed by atoms with Gasteiger partial charge in [-0.05, 0) is 18.6 Å². The van der Waals surface area contributed by atoms with Crippen LogP contribution >= 0.6 is 0 Å². The summed E-state index contributed by atoms with van der Waals surface area (Å²) < 4.78 is 38.5. The first-order valence-electron chi connectivity index (χ1n) is 15.6. The molecule has 0 unspecified atom stereocenters. The molecule has 0 fully saturated rings. The highest BCUT2D eigenvalue weighted by atomic mass is 16.6. The Morgan fingerprint density at radius 3 is 1.22 bits per heavy atom. The van der Waals surface area contributed by atoms with Gasteiger partial charge in [0.1, 0.15) is 12.4 Å². The highest BCUT2D eigenvalue weighted by molar-refractivity contribution is 5.35. The third-order valence-corrected chi connectivity index (χ3v) is 6.30. The molecule has 0 aromatic heterocycles. The van der Waals surface area contributed by atoms with Crippen LogP contribution in [-0.2, 0) is 28.4 Å². The second-order valence-electron chi connectivity index (χ2n) is 9.81. The third kappa shape index (κ3) is 25.6. The lowest BCUT2D eigenvalue weighted by molar-refractivity contribution is -0.384. The summed E-state index contributed by atoms with van der Waals surface area (Å²) in [7, 11) is 0. The molecule has 0 heterocycles. The monoisotopic (exact) mass is 585 g/mol. The second kappa shape index (κ2) is 29.7. The minimum absolute atomic E-state index is 0.0357. The van der Waals surface area contributed by atoms with Gasteiger partial charge in [-0.1, -0.05) is 71.1 Å². The van der Waals surface area contributed by atoms with Crippen LogP contribution in [0.3, 0.4) is 0 Å². The van der Waals surface area contributed by atoms with Gasteiger partial charge in [0.05, 0.1) is 77.6 Å². The average molecular weight is 586 g/mol. The number of nitro groups is 1. The lowest BCUT2D eigenvalue weighted by atomic mass is 10.1. The molecule has 10 heteroatoms. The molecule has 0 N–H and O–H groups in total. The molecule has 0 spiro atoms. The zero-order chi connectivity index (χ0) is 29.5. The number of non-ortho nitro benzene ring substituents is 1. The van der Waals surface area contributed by atoms with Crippen LogP contribution in [0.4, 0.5) is 5.69 Å². The van der Waals surface area contributed by atoms with E-state index in [2.05, 4.69) is 6.92 Å². The van der Waals surface area contributed by atoms with E-state index >= 15 is 0 Å². The summed E-state index contributed by atoms with van der Waals surface area (Å²) >= 11 is 0. The Balaban J connectivity index is 1.67. The van der Waals surface area contributed by atoms with E-state index in [4.69, 9.17) is 33.2 Å². The maximum atomic E-state index is 10.6. The molecule has 41 heavy (non-hydrogen) atoms. The number of ether oxygens (including phenoxy) is 7. The van der Waals surface area contributed by atoms with Gasteiger partial charge < -0.3 is 33.2 Å². The summed E-state index contributed by atoms with van der Waals surface area (Å²) in [5.41, 5.74) is 0.0357. The fourth-order valence-corrected chi connectivity index (χ4v) is 3.95. The normalized spacial score (nSPS) is 11.2. The van der Waals surface area contributed by atoms with Crippen molar-refractivity contribution in [3.63, 3.8) is 0 Å². The van der Waals surface area contributed by atoms with Crippen molar-refractivity contribution in [2.75, 3.05) is 85.9 Å². The van der Waals surface area contributed by atoms with Crippen LogP contribution in [0.15, 0.2) is 24.3 Å². The molecule has 0 saturated carbocycles. The molecule has 1 rings (SSSR count). The van der Waals surface area contributed by atoms with Gasteiger partial charge in [-0.15, -0.1) is 0 Å². The first-order chi connectivity index (χ1) is 20.2. The topological polar surface area (TPSA) is 108 Å². The van der Waals surface area contributed by atoms with E-state index in [0.717, 1.165) is 13.0 Å². The molecule has 10 nitrogen and oxygen atoms in total. The highest BCUT2D eigenvalue weighted by Gasteiger charge is 2.04. The van der Waals surface area contributed by atoms with Gasteiger partial charge in [-0.25, -0.2) is 0 Å². The van der Waals surface area contributed by atoms with E-state index in [1.54, 1.807) is 12.1 Å². The lowest BCUT2D eigenvalue weighted by Gasteiger charge is -2.09. The Labute approximate surface area is 247 Å². The van der Waals surface area contributed by atoms with Gasteiger partial charge in [0.25, 0.3) is 5.69 Å². The quantitative estimate of drug-likeness (QED) is 0.0540. The molecular weight excluding hydrogens is 530 g/mol. The summed E-state index contributed by atoms with van der Waals surface area (Å²) in [6.07, 6.45) is 14.8. The van der Waals surface area contributed by atoms with E-state index in [-0.39, 0.29) is 5.69 Å². The highest BCUT2D eigenvalue weighted by Crippen LogP contribution is 2.17. The second-order valence-corrected chi connectivity index (χ2v) is 9.81. The van der Waals surface area contributed by atoms with Crippen LogP contribution in [0.5, 0.6) is 5.75 Å². The van der Waals surface area contributed by atoms with Gasteiger partial charge in [-0.3, -0.25) is 10.1 Å². The van der Waals surface area contributed by atoms with Crippen LogP contribution in [-0.4, -0.2) is 90.8 Å². The Bertz CT molecular complexity index is 691. The molecule has 1 aromatic rings. The summed E-state index contributed by atoms with van der Waals surface area (Å²) in [5, 5.41) is 10.6. The van der Waals surface area contributed by atoms with Gasteiger partial charge in [0, 0.05) is 18.7 Å². The molecule has 0 aliphatic rings. The molecule has 0 saturated heterocycles. The number of nitrogens with zero attached hydrogens (tertiary/aromatic N) is 1. The fraction of sp³-hybridized carbons (Fsp3) is 0.806. The lowest BCUT2D eigenvalue weighted by Crippen LogP contribution is -2.14. The predicted octanol–water partition coefficient (Wildman–Crippen LogP) is 6.38. The maximum absolute atomic E-state index is 10.6. The Morgan fingerprint density at radius 1 is 0.488 bits per heavy atom. The number of unbranched alkanes of at least 4 members (excludes halogenated alkanes) is 10. The zero-order valence-electron chi connectivity index (χ0n) is 25.4. The molecular formula is C31H55NO9. The van der Waals surface area contributed by atoms with Crippen molar-refractivity contribution in [3.05, 3.63) is 34.4 Å². The largest absolute Gasteiger partial charge is 0.491 e. The number of nitro benzene ring substituents is 1. The number of hydrogen-bond donors (Lipinski definition) is 0. The van der Waals surface area contributed by atoms with Crippen LogP contribution in [0.2, 0.25) is 0 Å². The molecule has 0 aliphatic heterocycles. The van der Waals surface area contributed by atoms with Gasteiger partial charge >= 0.3 is 0 Å². The van der Waals surface area contributed by atoms with Crippen LogP contribution in [0.1, 0.15) is 77.6 Å². The van der Waals surface area contributed by atoms with Crippen molar-refractivity contribution < 1.29 is 38.1 Å². The predicted molar refractivity (Wildman–Crippen MR) is 160 cm³/mol. The van der Waals surface area contributed by atoms with Gasteiger partial charge in [0.2, 0.25) is 0 Å². The van der Waals surface area contributed by atoms with E-state index in [9.17, 15) is 10.1 Å². The Kier molecular flexibility index (Phi) is 26.9. The van der Waals surface area contributed by atoms with E-state index in [1.807, 2.05) is 0 Å². The van der Waals surface area contributed by atoms with Gasteiger partial charge in [0.15, 0.2) is 0 Å². The minimum atomic E-state index is -0.444. The van der Waals surface area contributed by atoms with Crippen molar-refractivity contribution in [2.24, 2.45) is 0 Å². The average Bonchev–Trinajstić information content (AvgIpc) is 2.98. The maximum Gasteiger partial charge on any atom is 0.269 e. The smallest absolute Gasteiger partial charge is 0.269 e. The van der Waals surface area contributed by atoms with Crippen LogP contribution in [0.25, 0.3) is 0 Å². The number of rotatable bonds is 32. The first kappa shape index (κ1) is 37.2. The van der Waals surface area contributed by atoms with E-state index < -0.39 is 4.92 Å². The standard InChI is InChI=1S/C31H55NO9/c1-2-3-4-5-6-7-8-9-10-11-12-17-35-18-19-36-20-21-37-22-23-38-24-25-39-26-27-40-28-29-41-31-15-13-30(14-16-31)32(33)34/h13-16H,2-12,17-29H2,1H3. The van der Waals surface area contributed by atoms with Crippen molar-refractivity contribution >= 4 is 5.69 Å². The van der Waals surface area contributed by atoms with Crippen molar-refractivity contribution in [1.29, 1.82) is 0 Å². The van der Waals surface area contributed by atoms with E-state index in [0.29, 0.717) is 85.0 Å². The molecule has 0 amide bonds. The Hall–Kier alpha value is -1.82. The van der Waals surface area contributed by atoms with Crippen molar-refractivity contribution in [1.82, 2.24) is 0 Å². The molecule has 0 atom stereocenters. The summed E-state index contributed by atoms with van der Waals surface area (Å²) in [6.45, 7) is 9.17. The molecule has 0 bridgehead atoms. The third-order valence-electron chi connectivity index (χ3n) is 6.30. The van der Waals surface area contributed by atoms with Crippen LogP contribution < -0.4 is 4.74 Å². The summed E-state index contributed by atoms with van der Waals surface area (Å²) in [6, 6.07) is 5.95. The molecule has 0 aliphatic carbocycles. The Morgan fingerprint density at radius 2 is 0.829 bits per heavy atom. The summed E-state index contributed by atoms with van der Waals surface area (Å²) in [5.74, 6) is 0.568. The minimum Gasteiger partial charge on any atom is -0.491 e. The number of benzene rings is 1. The zero-order valence-corrected chi connectivity index (χ0v) is 25.4. The van der Waals surface area contributed by atoms with Gasteiger partial charge in [-0.2, -0.15) is 0 Å². The molecule has 238 valence electrons. The van der Waals surface area contributed by atoms with Crippen molar-refractivity contribution in [2.45, 2.75) is 77.6 Å². The molecule has 0 radical (unpaired) electrons. The first-order valence-corrected chi connectivity index (χ1v) is 15.6.